The quantitative estimate of drug-likeness (QED) is 0.580. The van der Waals surface area contributed by atoms with Gasteiger partial charge >= 0.3 is 0 Å². The molecule has 0 spiro atoms. The normalized spacial score (nSPS) is 23.6. The number of anilines is 1. The highest BCUT2D eigenvalue weighted by Crippen LogP contribution is 2.27. The van der Waals surface area contributed by atoms with Crippen molar-refractivity contribution in [3.8, 4) is 0 Å². The van der Waals surface area contributed by atoms with Gasteiger partial charge in [0.15, 0.2) is 0 Å². The zero-order valence-corrected chi connectivity index (χ0v) is 8.43. The molecule has 0 bridgehead atoms. The van der Waals surface area contributed by atoms with E-state index in [1.54, 1.807) is 19.1 Å². The van der Waals surface area contributed by atoms with Gasteiger partial charge in [-0.05, 0) is 19.4 Å². The van der Waals surface area contributed by atoms with Gasteiger partial charge in [0.2, 0.25) is 0 Å². The maximum atomic E-state index is 10.7. The van der Waals surface area contributed by atoms with Gasteiger partial charge in [-0.2, -0.15) is 0 Å². The number of nitro groups is 1. The molecule has 0 aromatic heterocycles. The maximum absolute atomic E-state index is 10.7. The van der Waals surface area contributed by atoms with Crippen molar-refractivity contribution in [3.63, 3.8) is 0 Å². The molecule has 0 radical (unpaired) electrons. The fourth-order valence-corrected chi connectivity index (χ4v) is 1.49. The van der Waals surface area contributed by atoms with E-state index in [-0.39, 0.29) is 22.7 Å². The van der Waals surface area contributed by atoms with Gasteiger partial charge in [0.25, 0.3) is 5.69 Å². The molecule has 3 N–H and O–H groups in total. The molecule has 0 heterocycles. The number of nitrogens with zero attached hydrogens (tertiary/aromatic N) is 1. The van der Waals surface area contributed by atoms with Crippen LogP contribution >= 0.6 is 0 Å². The molecular formula is C10H13N3O2. The molecule has 2 rings (SSSR count). The number of hydrogen-bond donors (Lipinski definition) is 2. The first-order valence-corrected chi connectivity index (χ1v) is 4.85. The third-order valence-electron chi connectivity index (χ3n) is 2.60. The summed E-state index contributed by atoms with van der Waals surface area (Å²) < 4.78 is 0. The van der Waals surface area contributed by atoms with Gasteiger partial charge in [0.05, 0.1) is 4.92 Å². The average Bonchev–Trinajstić information content (AvgIpc) is 2.85. The Morgan fingerprint density at radius 2 is 2.27 bits per heavy atom. The molecule has 5 nitrogen and oxygen atoms in total. The molecular weight excluding hydrogens is 194 g/mol. The fraction of sp³-hybridized carbons (Fsp3) is 0.400. The molecule has 15 heavy (non-hydrogen) atoms. The van der Waals surface area contributed by atoms with E-state index in [0.717, 1.165) is 12.1 Å². The Labute approximate surface area is 87.4 Å². The van der Waals surface area contributed by atoms with Crippen LogP contribution in [0.2, 0.25) is 0 Å². The van der Waals surface area contributed by atoms with Gasteiger partial charge in [-0.15, -0.1) is 0 Å². The van der Waals surface area contributed by atoms with Gasteiger partial charge in [0.1, 0.15) is 0 Å². The molecule has 1 fully saturated rings. The van der Waals surface area contributed by atoms with Crippen LogP contribution < -0.4 is 11.1 Å². The van der Waals surface area contributed by atoms with E-state index in [4.69, 9.17) is 5.73 Å². The summed E-state index contributed by atoms with van der Waals surface area (Å²) in [7, 11) is 0. The van der Waals surface area contributed by atoms with Crippen LogP contribution in [0.3, 0.4) is 0 Å². The predicted octanol–water partition coefficient (Wildman–Crippen LogP) is 1.41. The standard InChI is InChI=1S/C10H13N3O2/c1-6-2-3-7(4-10(6)13(14)15)12-9-5-8(9)11/h2-4,8-9,12H,5,11H2,1H3. The lowest BCUT2D eigenvalue weighted by atomic mass is 10.2. The largest absolute Gasteiger partial charge is 0.380 e. The molecule has 5 heteroatoms. The highest BCUT2D eigenvalue weighted by molar-refractivity contribution is 5.56. The Bertz CT molecular complexity index is 406. The van der Waals surface area contributed by atoms with Gasteiger partial charge in [-0.25, -0.2) is 0 Å². The second-order valence-electron chi connectivity index (χ2n) is 3.91. The summed E-state index contributed by atoms with van der Waals surface area (Å²) in [6.45, 7) is 1.73. The lowest BCUT2D eigenvalue weighted by Crippen LogP contribution is -2.13. The first-order chi connectivity index (χ1) is 7.08. The highest BCUT2D eigenvalue weighted by atomic mass is 16.6. The van der Waals surface area contributed by atoms with Crippen molar-refractivity contribution in [1.82, 2.24) is 0 Å². The van der Waals surface area contributed by atoms with E-state index in [1.165, 1.54) is 0 Å². The molecule has 1 aromatic carbocycles. The Morgan fingerprint density at radius 1 is 1.60 bits per heavy atom. The first kappa shape index (κ1) is 9.92. The van der Waals surface area contributed by atoms with Crippen molar-refractivity contribution in [3.05, 3.63) is 33.9 Å². The summed E-state index contributed by atoms with van der Waals surface area (Å²) in [5.41, 5.74) is 7.23. The van der Waals surface area contributed by atoms with Crippen LogP contribution in [0.4, 0.5) is 11.4 Å². The van der Waals surface area contributed by atoms with Crippen LogP contribution in [0.1, 0.15) is 12.0 Å². The summed E-state index contributed by atoms with van der Waals surface area (Å²) in [5.74, 6) is 0. The Hall–Kier alpha value is -1.62. The smallest absolute Gasteiger partial charge is 0.274 e. The lowest BCUT2D eigenvalue weighted by molar-refractivity contribution is -0.385. The van der Waals surface area contributed by atoms with Gasteiger partial charge < -0.3 is 11.1 Å². The predicted molar refractivity (Wildman–Crippen MR) is 57.8 cm³/mol. The van der Waals surface area contributed by atoms with E-state index in [0.29, 0.717) is 5.56 Å². The van der Waals surface area contributed by atoms with E-state index in [2.05, 4.69) is 5.32 Å². The zero-order valence-electron chi connectivity index (χ0n) is 8.43. The minimum Gasteiger partial charge on any atom is -0.380 e. The lowest BCUT2D eigenvalue weighted by Gasteiger charge is -2.05. The Morgan fingerprint density at radius 3 is 2.80 bits per heavy atom. The molecule has 1 aliphatic rings. The third kappa shape index (κ3) is 2.07. The summed E-state index contributed by atoms with van der Waals surface area (Å²) in [5, 5.41) is 13.9. The van der Waals surface area contributed by atoms with E-state index in [1.807, 2.05) is 6.07 Å². The van der Waals surface area contributed by atoms with Crippen molar-refractivity contribution in [2.45, 2.75) is 25.4 Å². The number of nitro benzene ring substituents is 1. The third-order valence-corrected chi connectivity index (χ3v) is 2.60. The second-order valence-corrected chi connectivity index (χ2v) is 3.91. The van der Waals surface area contributed by atoms with Crippen LogP contribution in [-0.4, -0.2) is 17.0 Å². The fourth-order valence-electron chi connectivity index (χ4n) is 1.49. The number of hydrogen-bond acceptors (Lipinski definition) is 4. The molecule has 1 aliphatic carbocycles. The van der Waals surface area contributed by atoms with Crippen molar-refractivity contribution in [1.29, 1.82) is 0 Å². The number of benzene rings is 1. The number of nitrogens with one attached hydrogen (secondary N) is 1. The van der Waals surface area contributed by atoms with Crippen molar-refractivity contribution >= 4 is 11.4 Å². The summed E-state index contributed by atoms with van der Waals surface area (Å²) in [4.78, 5) is 10.3. The second kappa shape index (κ2) is 3.51. The topological polar surface area (TPSA) is 81.2 Å². The number of nitrogens with two attached hydrogens (primary N) is 1. The molecule has 1 saturated carbocycles. The van der Waals surface area contributed by atoms with Crippen molar-refractivity contribution in [2.24, 2.45) is 5.73 Å². The molecule has 1 aromatic rings. The van der Waals surface area contributed by atoms with Gasteiger partial charge in [-0.1, -0.05) is 6.07 Å². The first-order valence-electron chi connectivity index (χ1n) is 4.85. The number of aryl methyl sites for hydroxylation is 1. The Kier molecular flexibility index (Phi) is 2.32. The maximum Gasteiger partial charge on any atom is 0.274 e. The van der Waals surface area contributed by atoms with Crippen LogP contribution in [0.15, 0.2) is 18.2 Å². The monoisotopic (exact) mass is 207 g/mol. The van der Waals surface area contributed by atoms with E-state index >= 15 is 0 Å². The van der Waals surface area contributed by atoms with Gasteiger partial charge in [-0.3, -0.25) is 10.1 Å². The molecule has 80 valence electrons. The van der Waals surface area contributed by atoms with Crippen molar-refractivity contribution < 1.29 is 4.92 Å². The molecule has 2 unspecified atom stereocenters. The van der Waals surface area contributed by atoms with Crippen LogP contribution in [-0.2, 0) is 0 Å². The molecule has 0 aliphatic heterocycles. The van der Waals surface area contributed by atoms with E-state index < -0.39 is 0 Å². The van der Waals surface area contributed by atoms with Crippen LogP contribution in [0, 0.1) is 17.0 Å². The summed E-state index contributed by atoms with van der Waals surface area (Å²) >= 11 is 0. The minimum atomic E-state index is -0.368. The van der Waals surface area contributed by atoms with Crippen LogP contribution in [0.25, 0.3) is 0 Å². The SMILES string of the molecule is Cc1ccc(NC2CC2N)cc1[N+](=O)[O-]. The molecule has 2 atom stereocenters. The zero-order chi connectivity index (χ0) is 11.0. The minimum absolute atomic E-state index is 0.147. The molecule has 0 saturated heterocycles. The average molecular weight is 207 g/mol. The Balaban J connectivity index is 2.18. The highest BCUT2D eigenvalue weighted by Gasteiger charge is 2.33. The number of rotatable bonds is 3. The van der Waals surface area contributed by atoms with E-state index in [9.17, 15) is 10.1 Å². The summed E-state index contributed by atoms with van der Waals surface area (Å²) in [6, 6.07) is 5.60. The van der Waals surface area contributed by atoms with Gasteiger partial charge in [0, 0.05) is 29.4 Å². The molecule has 0 amide bonds. The van der Waals surface area contributed by atoms with Crippen LogP contribution in [0.5, 0.6) is 0 Å². The van der Waals surface area contributed by atoms with Crippen molar-refractivity contribution in [2.75, 3.05) is 5.32 Å². The summed E-state index contributed by atoms with van der Waals surface area (Å²) in [6.07, 6.45) is 0.932.